The van der Waals surface area contributed by atoms with Crippen molar-refractivity contribution < 1.29 is 18.9 Å². The summed E-state index contributed by atoms with van der Waals surface area (Å²) >= 11 is 0. The molecule has 0 aliphatic rings. The summed E-state index contributed by atoms with van der Waals surface area (Å²) in [6.07, 6.45) is 0. The molecule has 0 aromatic heterocycles. The predicted molar refractivity (Wildman–Crippen MR) is 67.4 cm³/mol. The topological polar surface area (TPSA) is 0 Å². The van der Waals surface area contributed by atoms with Crippen LogP contribution < -0.4 is 18.9 Å². The fourth-order valence-electron chi connectivity index (χ4n) is 2.62. The van der Waals surface area contributed by atoms with Crippen LogP contribution in [0.1, 0.15) is 0 Å². The zero-order valence-electron chi connectivity index (χ0n) is 11.0. The zero-order chi connectivity index (χ0) is 10.2. The van der Waals surface area contributed by atoms with E-state index in [0.29, 0.717) is 0 Å². The second-order valence-corrected chi connectivity index (χ2v) is 19.9. The van der Waals surface area contributed by atoms with Crippen molar-refractivity contribution in [3.8, 4) is 0 Å². The summed E-state index contributed by atoms with van der Waals surface area (Å²) < 4.78 is 0. The normalized spacial score (nSPS) is 13.4. The van der Waals surface area contributed by atoms with Gasteiger partial charge in [-0.25, -0.2) is 0 Å². The summed E-state index contributed by atoms with van der Waals surface area (Å²) in [6.45, 7) is 20.0. The first-order valence-electron chi connectivity index (χ1n) is 4.75. The van der Waals surface area contributed by atoms with Crippen molar-refractivity contribution in [1.29, 1.82) is 0 Å². The quantitative estimate of drug-likeness (QED) is 0.486. The first kappa shape index (κ1) is 16.7. The standard InChI is InChI=1S/C9H24Si3.Li/c1-10(2)9(11(3,4)5)12(6,7)8;/h1-8H3;/q-1;+1. The van der Waals surface area contributed by atoms with Crippen molar-refractivity contribution in [2.24, 2.45) is 0 Å². The van der Waals surface area contributed by atoms with Crippen LogP contribution in [0, 0.1) is 4.79 Å². The fourth-order valence-corrected chi connectivity index (χ4v) is 23.6. The van der Waals surface area contributed by atoms with Crippen LogP contribution in [0.3, 0.4) is 0 Å². The van der Waals surface area contributed by atoms with Crippen LogP contribution >= 0.6 is 0 Å². The van der Waals surface area contributed by atoms with E-state index < -0.39 is 16.1 Å². The molecule has 73 valence electrons. The van der Waals surface area contributed by atoms with E-state index in [1.807, 2.05) is 4.79 Å². The second kappa shape index (κ2) is 5.36. The van der Waals surface area contributed by atoms with Crippen molar-refractivity contribution in [2.75, 3.05) is 0 Å². The molecular formula is C9H24LiSi3. The summed E-state index contributed by atoms with van der Waals surface area (Å²) in [7, 11) is -2.07. The van der Waals surface area contributed by atoms with Crippen LogP contribution in [0.5, 0.6) is 0 Å². The van der Waals surface area contributed by atoms with Gasteiger partial charge in [-0.2, -0.15) is 0 Å². The third kappa shape index (κ3) is 5.63. The molecule has 0 aliphatic carbocycles. The molecule has 0 bridgehead atoms. The molecule has 0 aliphatic heterocycles. The summed E-state index contributed by atoms with van der Waals surface area (Å²) in [5.41, 5.74) is 0. The third-order valence-corrected chi connectivity index (χ3v) is 18.0. The second-order valence-electron chi connectivity index (χ2n) is 5.88. The monoisotopic (exact) mass is 223 g/mol. The summed E-state index contributed by atoms with van der Waals surface area (Å²) in [6, 6.07) is 0. The smallest absolute Gasteiger partial charge is 0.315 e. The minimum Gasteiger partial charge on any atom is -0.315 e. The number of rotatable bonds is 3. The first-order chi connectivity index (χ1) is 5.07. The Labute approximate surface area is 101 Å². The Hall–Kier alpha value is 1.25. The molecule has 0 heterocycles. The molecule has 0 saturated carbocycles. The number of hydrogen-bond acceptors (Lipinski definition) is 0. The van der Waals surface area contributed by atoms with Crippen LogP contribution in [-0.4, -0.2) is 24.9 Å². The van der Waals surface area contributed by atoms with E-state index in [4.69, 9.17) is 0 Å². The van der Waals surface area contributed by atoms with Gasteiger partial charge in [-0.3, -0.25) is 0 Å². The molecule has 13 heavy (non-hydrogen) atoms. The molecule has 0 aromatic carbocycles. The SMILES string of the molecule is C[Si](C)[C-]([Si](C)(C)C)[Si](C)(C)C.[Li+]. The zero-order valence-corrected chi connectivity index (χ0v) is 14.0. The molecule has 0 nitrogen and oxygen atoms in total. The van der Waals surface area contributed by atoms with Crippen LogP contribution in [0.25, 0.3) is 0 Å². The van der Waals surface area contributed by atoms with Gasteiger partial charge in [-0.1, -0.05) is 52.4 Å². The van der Waals surface area contributed by atoms with Crippen LogP contribution in [0.2, 0.25) is 52.4 Å². The van der Waals surface area contributed by atoms with E-state index in [0.717, 1.165) is 0 Å². The Kier molecular flexibility index (Phi) is 6.88. The summed E-state index contributed by atoms with van der Waals surface area (Å²) in [5, 5.41) is 0. The van der Waals surface area contributed by atoms with E-state index in [-0.39, 0.29) is 27.7 Å². The van der Waals surface area contributed by atoms with Crippen LogP contribution in [0.4, 0.5) is 0 Å². The van der Waals surface area contributed by atoms with E-state index in [1.165, 1.54) is 0 Å². The van der Waals surface area contributed by atoms with Gasteiger partial charge in [0.1, 0.15) is 0 Å². The van der Waals surface area contributed by atoms with Crippen molar-refractivity contribution in [2.45, 2.75) is 52.4 Å². The Morgan fingerprint density at radius 3 is 1.00 bits per heavy atom. The Morgan fingerprint density at radius 2 is 1.00 bits per heavy atom. The van der Waals surface area contributed by atoms with E-state index in [9.17, 15) is 0 Å². The maximum absolute atomic E-state index is 2.51. The molecule has 0 fully saturated rings. The van der Waals surface area contributed by atoms with E-state index in [2.05, 4.69) is 52.4 Å². The molecule has 0 atom stereocenters. The largest absolute Gasteiger partial charge is 1.00 e. The minimum atomic E-state index is -0.961. The number of hydrogen-bond donors (Lipinski definition) is 0. The molecule has 1 radical (unpaired) electrons. The van der Waals surface area contributed by atoms with Gasteiger partial charge in [0, 0.05) is 0 Å². The van der Waals surface area contributed by atoms with E-state index >= 15 is 0 Å². The molecule has 4 heteroatoms. The maximum Gasteiger partial charge on any atom is 1.00 e. The molecule has 0 rings (SSSR count). The van der Waals surface area contributed by atoms with Gasteiger partial charge < -0.3 is 4.79 Å². The fraction of sp³-hybridized carbons (Fsp3) is 0.889. The van der Waals surface area contributed by atoms with Gasteiger partial charge in [0.05, 0.1) is 0 Å². The van der Waals surface area contributed by atoms with Gasteiger partial charge in [0.15, 0.2) is 0 Å². The molecule has 0 spiro atoms. The molecule has 0 N–H and O–H groups in total. The van der Waals surface area contributed by atoms with Gasteiger partial charge >= 0.3 is 18.9 Å². The van der Waals surface area contributed by atoms with Crippen molar-refractivity contribution in [3.05, 3.63) is 4.79 Å². The summed E-state index contributed by atoms with van der Waals surface area (Å²) in [5.74, 6) is 0. The summed E-state index contributed by atoms with van der Waals surface area (Å²) in [4.78, 5) is 2.04. The molecule has 0 unspecified atom stereocenters. The van der Waals surface area contributed by atoms with Gasteiger partial charge in [0.25, 0.3) is 0 Å². The average Bonchev–Trinajstić information content (AvgIpc) is 1.49. The van der Waals surface area contributed by atoms with Crippen LogP contribution in [-0.2, 0) is 0 Å². The predicted octanol–water partition coefficient (Wildman–Crippen LogP) is 0.613. The van der Waals surface area contributed by atoms with Gasteiger partial charge in [-0.15, -0.1) is 24.9 Å². The Bertz CT molecular complexity index is 130. The third-order valence-electron chi connectivity index (χ3n) is 2.00. The van der Waals surface area contributed by atoms with Gasteiger partial charge in [-0.05, 0) is 0 Å². The Morgan fingerprint density at radius 1 is 0.769 bits per heavy atom. The molecule has 0 saturated heterocycles. The van der Waals surface area contributed by atoms with Crippen molar-refractivity contribution in [1.82, 2.24) is 0 Å². The molecular weight excluding hydrogens is 199 g/mol. The maximum atomic E-state index is 2.51. The van der Waals surface area contributed by atoms with Gasteiger partial charge in [0.2, 0.25) is 0 Å². The van der Waals surface area contributed by atoms with Crippen LogP contribution in [0.15, 0.2) is 0 Å². The first-order valence-corrected chi connectivity index (χ1v) is 14.2. The molecule has 0 amide bonds. The average molecular weight is 223 g/mol. The Balaban J connectivity index is 0. The van der Waals surface area contributed by atoms with E-state index in [1.54, 1.807) is 0 Å². The minimum absolute atomic E-state index is 0. The molecule has 0 aromatic rings. The van der Waals surface area contributed by atoms with Crippen molar-refractivity contribution >= 4 is 24.9 Å². The van der Waals surface area contributed by atoms with Crippen molar-refractivity contribution in [3.63, 3.8) is 0 Å².